The number of phenolic OH excluding ortho intramolecular Hbond substituents is 2. The highest BCUT2D eigenvalue weighted by Crippen LogP contribution is 2.52. The maximum atomic E-state index is 11.2. The lowest BCUT2D eigenvalue weighted by atomic mass is 9.66. The maximum absolute atomic E-state index is 11.2. The van der Waals surface area contributed by atoms with Gasteiger partial charge in [-0.25, -0.2) is 0 Å². The minimum Gasteiger partial charge on any atom is -0.512 e. The Balaban J connectivity index is 1.38. The number of rotatable bonds is 5. The van der Waals surface area contributed by atoms with Crippen molar-refractivity contribution in [2.75, 3.05) is 27.4 Å². The Bertz CT molecular complexity index is 1430. The van der Waals surface area contributed by atoms with Crippen LogP contribution in [0.25, 0.3) is 0 Å². The number of phenols is 2. The number of aromatic hydroxyl groups is 2. The van der Waals surface area contributed by atoms with Gasteiger partial charge in [-0.3, -0.25) is 0 Å². The summed E-state index contributed by atoms with van der Waals surface area (Å²) in [6.45, 7) is 0.747. The Labute approximate surface area is 233 Å². The second kappa shape index (κ2) is 10.4. The fourth-order valence-electron chi connectivity index (χ4n) is 6.72. The van der Waals surface area contributed by atoms with Crippen LogP contribution in [-0.4, -0.2) is 47.9 Å². The van der Waals surface area contributed by atoms with Crippen LogP contribution >= 0.6 is 0 Å². The van der Waals surface area contributed by atoms with Gasteiger partial charge in [-0.2, -0.15) is 0 Å². The first-order chi connectivity index (χ1) is 19.4. The van der Waals surface area contributed by atoms with Gasteiger partial charge < -0.3 is 39.4 Å². The molecular formula is C32H34O8. The van der Waals surface area contributed by atoms with E-state index in [9.17, 15) is 20.4 Å². The van der Waals surface area contributed by atoms with Gasteiger partial charge >= 0.3 is 0 Å². The Kier molecular flexibility index (Phi) is 6.78. The number of methoxy groups -OCH3 is 2. The first-order valence-corrected chi connectivity index (χ1v) is 13.6. The van der Waals surface area contributed by atoms with Gasteiger partial charge in [-0.05, 0) is 48.6 Å². The third-order valence-corrected chi connectivity index (χ3v) is 8.75. The quantitative estimate of drug-likeness (QED) is 0.372. The molecule has 0 spiro atoms. The number of aliphatic hydroxyl groups is 2. The molecule has 0 saturated heterocycles. The first-order valence-electron chi connectivity index (χ1n) is 13.6. The van der Waals surface area contributed by atoms with Crippen molar-refractivity contribution < 1.29 is 39.4 Å². The Hall–Kier alpha value is -4.20. The van der Waals surface area contributed by atoms with Crippen molar-refractivity contribution in [1.29, 1.82) is 0 Å². The first kappa shape index (κ1) is 26.0. The van der Waals surface area contributed by atoms with E-state index in [0.29, 0.717) is 55.5 Å². The number of benzene rings is 2. The van der Waals surface area contributed by atoms with Crippen molar-refractivity contribution >= 4 is 0 Å². The van der Waals surface area contributed by atoms with Crippen molar-refractivity contribution in [3.63, 3.8) is 0 Å². The lowest BCUT2D eigenvalue weighted by molar-refractivity contribution is 0.122. The van der Waals surface area contributed by atoms with Crippen LogP contribution < -0.4 is 9.47 Å². The van der Waals surface area contributed by atoms with Crippen LogP contribution in [0.15, 0.2) is 83.2 Å². The summed E-state index contributed by atoms with van der Waals surface area (Å²) >= 11 is 0. The molecule has 0 bridgehead atoms. The lowest BCUT2D eigenvalue weighted by Crippen LogP contribution is -2.37. The summed E-state index contributed by atoms with van der Waals surface area (Å²) in [5.74, 6) is 2.51. The van der Waals surface area contributed by atoms with Crippen molar-refractivity contribution in [2.24, 2.45) is 23.7 Å². The summed E-state index contributed by atoms with van der Waals surface area (Å²) in [6, 6.07) is 10.3. The minimum absolute atomic E-state index is 0.00875. The molecule has 2 aromatic carbocycles. The number of allylic oxidation sites excluding steroid dienone is 6. The second-order valence-electron chi connectivity index (χ2n) is 10.9. The molecule has 0 saturated carbocycles. The van der Waals surface area contributed by atoms with Gasteiger partial charge in [-0.15, -0.1) is 0 Å². The van der Waals surface area contributed by atoms with Gasteiger partial charge in [0.15, 0.2) is 0 Å². The Morgan fingerprint density at radius 2 is 1.50 bits per heavy atom. The standard InChI is InChI=1S/C32H34O8/c1-37-21-6-8-22(27(35)12-21)26-16-40-31-11-20(34)5-7-23(31)32(26)25-13-24(28(36)14-30(25)38-2)18-9-17-3-4-19(33)10-29(17)39-15-18/h3-7,10-12,14,18,22,24,26,32-36H,8-9,13,15-16H2,1-2H3/t18?,22?,24-,26-,32-/m1/s1. The van der Waals surface area contributed by atoms with Gasteiger partial charge in [0.05, 0.1) is 39.0 Å². The van der Waals surface area contributed by atoms with Gasteiger partial charge in [-0.1, -0.05) is 12.1 Å². The highest BCUT2D eigenvalue weighted by Gasteiger charge is 2.44. The molecule has 2 aliphatic heterocycles. The summed E-state index contributed by atoms with van der Waals surface area (Å²) in [5.41, 5.74) is 2.91. The summed E-state index contributed by atoms with van der Waals surface area (Å²) in [5, 5.41) is 42.3. The zero-order valence-electron chi connectivity index (χ0n) is 22.5. The molecule has 6 rings (SSSR count). The summed E-state index contributed by atoms with van der Waals surface area (Å²) < 4.78 is 23.4. The zero-order chi connectivity index (χ0) is 28.0. The average molecular weight is 547 g/mol. The van der Waals surface area contributed by atoms with Crippen molar-refractivity contribution in [2.45, 2.75) is 25.2 Å². The van der Waals surface area contributed by atoms with Crippen molar-refractivity contribution in [1.82, 2.24) is 0 Å². The Morgan fingerprint density at radius 3 is 2.25 bits per heavy atom. The molecule has 40 heavy (non-hydrogen) atoms. The van der Waals surface area contributed by atoms with Crippen LogP contribution in [0.5, 0.6) is 23.0 Å². The molecule has 2 aliphatic carbocycles. The number of ether oxygens (including phenoxy) is 4. The predicted molar refractivity (Wildman–Crippen MR) is 147 cm³/mol. The van der Waals surface area contributed by atoms with E-state index in [1.165, 1.54) is 0 Å². The van der Waals surface area contributed by atoms with Crippen LogP contribution in [0.2, 0.25) is 0 Å². The van der Waals surface area contributed by atoms with Gasteiger partial charge in [0.2, 0.25) is 0 Å². The van der Waals surface area contributed by atoms with E-state index < -0.39 is 0 Å². The second-order valence-corrected chi connectivity index (χ2v) is 10.9. The van der Waals surface area contributed by atoms with E-state index in [4.69, 9.17) is 18.9 Å². The van der Waals surface area contributed by atoms with Crippen LogP contribution in [-0.2, 0) is 15.9 Å². The van der Waals surface area contributed by atoms with E-state index in [0.717, 1.165) is 16.7 Å². The van der Waals surface area contributed by atoms with Crippen LogP contribution in [0.4, 0.5) is 0 Å². The van der Waals surface area contributed by atoms with Crippen molar-refractivity contribution in [3.05, 3.63) is 94.4 Å². The molecule has 0 amide bonds. The molecule has 0 aromatic heterocycles. The molecule has 2 unspecified atom stereocenters. The zero-order valence-corrected chi connectivity index (χ0v) is 22.5. The van der Waals surface area contributed by atoms with E-state index in [2.05, 4.69) is 0 Å². The topological polar surface area (TPSA) is 118 Å². The highest BCUT2D eigenvalue weighted by atomic mass is 16.5. The molecule has 8 nitrogen and oxygen atoms in total. The van der Waals surface area contributed by atoms with Crippen molar-refractivity contribution in [3.8, 4) is 23.0 Å². The highest BCUT2D eigenvalue weighted by molar-refractivity contribution is 5.50. The molecule has 210 valence electrons. The molecule has 4 aliphatic rings. The molecule has 0 fully saturated rings. The fraction of sp³-hybridized carbons (Fsp3) is 0.375. The van der Waals surface area contributed by atoms with Crippen LogP contribution in [0.1, 0.15) is 29.9 Å². The van der Waals surface area contributed by atoms with Crippen LogP contribution in [0, 0.1) is 23.7 Å². The average Bonchev–Trinajstić information content (AvgIpc) is 2.96. The number of hydrogen-bond donors (Lipinski definition) is 4. The van der Waals surface area contributed by atoms with Gasteiger partial charge in [0.1, 0.15) is 34.5 Å². The molecule has 2 aromatic rings. The van der Waals surface area contributed by atoms with E-state index in [1.54, 1.807) is 50.6 Å². The lowest BCUT2D eigenvalue weighted by Gasteiger charge is -2.42. The third-order valence-electron chi connectivity index (χ3n) is 8.75. The SMILES string of the molecule is COC1=CCC([C@H]2COc3cc(O)ccc3[C@@H]2C2=C(OC)C=C(O)[C@@H](C3COc4cc(O)ccc4C3)C2)C(O)=C1. The van der Waals surface area contributed by atoms with Crippen LogP contribution in [0.3, 0.4) is 0 Å². The monoisotopic (exact) mass is 546 g/mol. The summed E-state index contributed by atoms with van der Waals surface area (Å²) in [4.78, 5) is 0. The minimum atomic E-state index is -0.216. The summed E-state index contributed by atoms with van der Waals surface area (Å²) in [7, 11) is 3.18. The number of aliphatic hydroxyl groups excluding tert-OH is 2. The van der Waals surface area contributed by atoms with E-state index in [1.807, 2.05) is 18.2 Å². The normalized spacial score (nSPS) is 27.6. The fourth-order valence-corrected chi connectivity index (χ4v) is 6.72. The van der Waals surface area contributed by atoms with Gasteiger partial charge in [0, 0.05) is 59.4 Å². The predicted octanol–water partition coefficient (Wildman–Crippen LogP) is 5.80. The largest absolute Gasteiger partial charge is 0.512 e. The molecule has 0 radical (unpaired) electrons. The van der Waals surface area contributed by atoms with Gasteiger partial charge in [0.25, 0.3) is 0 Å². The molecule has 4 N–H and O–H groups in total. The molecular weight excluding hydrogens is 512 g/mol. The maximum Gasteiger partial charge on any atom is 0.126 e. The third kappa shape index (κ3) is 4.61. The number of fused-ring (bicyclic) bond motifs is 2. The smallest absolute Gasteiger partial charge is 0.126 e. The summed E-state index contributed by atoms with van der Waals surface area (Å²) in [6.07, 6.45) is 7.17. The Morgan fingerprint density at radius 1 is 0.775 bits per heavy atom. The van der Waals surface area contributed by atoms with E-state index >= 15 is 0 Å². The molecule has 8 heteroatoms. The molecule has 2 heterocycles. The number of hydrogen-bond acceptors (Lipinski definition) is 8. The van der Waals surface area contributed by atoms with E-state index in [-0.39, 0.29) is 52.6 Å². The molecule has 5 atom stereocenters.